The summed E-state index contributed by atoms with van der Waals surface area (Å²) in [6.07, 6.45) is 1.64. The number of hydrogen-bond donors (Lipinski definition) is 2. The predicted octanol–water partition coefficient (Wildman–Crippen LogP) is 3.74. The van der Waals surface area contributed by atoms with Crippen molar-refractivity contribution in [1.82, 2.24) is 10.3 Å². The molecule has 3 rings (SSSR count). The van der Waals surface area contributed by atoms with Crippen molar-refractivity contribution in [3.8, 4) is 0 Å². The first-order valence-electron chi connectivity index (χ1n) is 8.62. The third-order valence-corrected chi connectivity index (χ3v) is 5.30. The molecule has 2 N–H and O–H groups in total. The van der Waals surface area contributed by atoms with Gasteiger partial charge in [0.15, 0.2) is 0 Å². The Morgan fingerprint density at radius 2 is 1.89 bits per heavy atom. The van der Waals surface area contributed by atoms with Crippen molar-refractivity contribution < 1.29 is 19.1 Å². The van der Waals surface area contributed by atoms with E-state index in [9.17, 15) is 19.1 Å². The molecule has 2 aromatic carbocycles. The number of thiazole rings is 1. The van der Waals surface area contributed by atoms with E-state index in [4.69, 9.17) is 0 Å². The van der Waals surface area contributed by atoms with Gasteiger partial charge in [0.2, 0.25) is 5.91 Å². The van der Waals surface area contributed by atoms with Crippen LogP contribution in [0, 0.1) is 5.82 Å². The summed E-state index contributed by atoms with van der Waals surface area (Å²) in [7, 11) is 0. The lowest BCUT2D eigenvalue weighted by atomic mass is 9.99. The Kier molecular flexibility index (Phi) is 6.13. The maximum absolute atomic E-state index is 13.0. The number of halogens is 1. The second-order valence-corrected chi connectivity index (χ2v) is 7.29. The Labute approximate surface area is 159 Å². The number of aliphatic carboxylic acids is 1. The average Bonchev–Trinajstić information content (AvgIpc) is 3.06. The summed E-state index contributed by atoms with van der Waals surface area (Å²) < 4.78 is 14.1. The Bertz CT molecular complexity index is 907. The number of carboxylic acids is 1. The molecule has 0 radical (unpaired) electrons. The normalized spacial score (nSPS) is 12.0. The fourth-order valence-corrected chi connectivity index (χ4v) is 3.78. The third kappa shape index (κ3) is 5.10. The van der Waals surface area contributed by atoms with E-state index in [1.54, 1.807) is 11.3 Å². The lowest BCUT2D eigenvalue weighted by Gasteiger charge is -2.14. The first kappa shape index (κ1) is 19.0. The fourth-order valence-electron chi connectivity index (χ4n) is 2.77. The van der Waals surface area contributed by atoms with Gasteiger partial charge >= 0.3 is 5.97 Å². The highest BCUT2D eigenvalue weighted by Crippen LogP contribution is 2.22. The number of nitrogens with zero attached hydrogens (tertiary/aromatic N) is 1. The molecule has 1 aromatic heterocycles. The summed E-state index contributed by atoms with van der Waals surface area (Å²) in [5.41, 5.74) is 1.42. The molecule has 0 fully saturated rings. The number of rotatable bonds is 8. The number of fused-ring (bicyclic) bond motifs is 1. The molecule has 0 aliphatic rings. The molecule has 5 nitrogen and oxygen atoms in total. The molecular weight excluding hydrogens is 367 g/mol. The summed E-state index contributed by atoms with van der Waals surface area (Å²) in [5, 5.41) is 13.0. The summed E-state index contributed by atoms with van der Waals surface area (Å²) in [5.74, 6) is -2.60. The number of nitrogens with one attached hydrogen (secondary N) is 1. The highest BCUT2D eigenvalue weighted by molar-refractivity contribution is 7.18. The van der Waals surface area contributed by atoms with E-state index in [1.165, 1.54) is 24.3 Å². The van der Waals surface area contributed by atoms with Crippen LogP contribution in [0.2, 0.25) is 0 Å². The van der Waals surface area contributed by atoms with Gasteiger partial charge in [-0.05, 0) is 42.7 Å². The summed E-state index contributed by atoms with van der Waals surface area (Å²) in [6, 6.07) is 13.2. The maximum Gasteiger partial charge on any atom is 0.312 e. The summed E-state index contributed by atoms with van der Waals surface area (Å²) in [4.78, 5) is 28.0. The van der Waals surface area contributed by atoms with E-state index < -0.39 is 17.7 Å². The van der Waals surface area contributed by atoms with Gasteiger partial charge in [-0.25, -0.2) is 9.37 Å². The monoisotopic (exact) mass is 386 g/mol. The molecule has 3 aromatic rings. The molecule has 0 spiro atoms. The van der Waals surface area contributed by atoms with E-state index >= 15 is 0 Å². The molecule has 7 heteroatoms. The second kappa shape index (κ2) is 8.73. The van der Waals surface area contributed by atoms with Gasteiger partial charge in [-0.2, -0.15) is 0 Å². The van der Waals surface area contributed by atoms with E-state index in [0.717, 1.165) is 15.2 Å². The van der Waals surface area contributed by atoms with Crippen LogP contribution in [0.3, 0.4) is 0 Å². The molecule has 0 bridgehead atoms. The average molecular weight is 386 g/mol. The van der Waals surface area contributed by atoms with Gasteiger partial charge in [0.25, 0.3) is 0 Å². The van der Waals surface area contributed by atoms with Crippen LogP contribution in [-0.2, 0) is 16.0 Å². The summed E-state index contributed by atoms with van der Waals surface area (Å²) in [6.45, 7) is -0.0268. The topological polar surface area (TPSA) is 79.3 Å². The molecule has 140 valence electrons. The lowest BCUT2D eigenvalue weighted by molar-refractivity contribution is -0.138. The number of carbonyl (C=O) groups is 2. The number of aryl methyl sites for hydroxylation is 1. The molecule has 0 aliphatic carbocycles. The van der Waals surface area contributed by atoms with Gasteiger partial charge < -0.3 is 10.4 Å². The zero-order chi connectivity index (χ0) is 19.2. The SMILES string of the molecule is O=C(CCCc1nc2ccccc2s1)NCC(C(=O)O)c1ccc(F)cc1. The van der Waals surface area contributed by atoms with Crippen molar-refractivity contribution in [1.29, 1.82) is 0 Å². The third-order valence-electron chi connectivity index (χ3n) is 4.21. The van der Waals surface area contributed by atoms with Crippen LogP contribution in [0.15, 0.2) is 48.5 Å². The smallest absolute Gasteiger partial charge is 0.312 e. The molecular formula is C20H19FN2O3S. The predicted molar refractivity (Wildman–Crippen MR) is 102 cm³/mol. The Morgan fingerprint density at radius 1 is 1.15 bits per heavy atom. The first-order chi connectivity index (χ1) is 13.0. The van der Waals surface area contributed by atoms with Gasteiger partial charge in [-0.15, -0.1) is 11.3 Å². The zero-order valence-corrected chi connectivity index (χ0v) is 15.3. The number of carboxylic acid groups (broad SMARTS) is 1. The molecule has 0 saturated carbocycles. The van der Waals surface area contributed by atoms with Crippen LogP contribution in [-0.4, -0.2) is 28.5 Å². The fraction of sp³-hybridized carbons (Fsp3) is 0.250. The number of para-hydroxylation sites is 1. The van der Waals surface area contributed by atoms with E-state index in [1.807, 2.05) is 24.3 Å². The van der Waals surface area contributed by atoms with Gasteiger partial charge in [0.1, 0.15) is 5.82 Å². The first-order valence-corrected chi connectivity index (χ1v) is 9.44. The number of amides is 1. The Balaban J connectivity index is 1.48. The largest absolute Gasteiger partial charge is 0.481 e. The molecule has 0 aliphatic heterocycles. The zero-order valence-electron chi connectivity index (χ0n) is 14.5. The molecule has 1 unspecified atom stereocenters. The number of benzene rings is 2. The molecule has 0 saturated heterocycles. The van der Waals surface area contributed by atoms with Crippen molar-refractivity contribution in [3.63, 3.8) is 0 Å². The maximum atomic E-state index is 13.0. The van der Waals surface area contributed by atoms with Crippen molar-refractivity contribution >= 4 is 33.4 Å². The second-order valence-electron chi connectivity index (χ2n) is 6.18. The lowest BCUT2D eigenvalue weighted by Crippen LogP contribution is -2.31. The van der Waals surface area contributed by atoms with Gasteiger partial charge in [-0.1, -0.05) is 24.3 Å². The van der Waals surface area contributed by atoms with Crippen LogP contribution in [0.5, 0.6) is 0 Å². The molecule has 1 amide bonds. The molecule has 27 heavy (non-hydrogen) atoms. The van der Waals surface area contributed by atoms with Crippen molar-refractivity contribution in [2.75, 3.05) is 6.54 Å². The number of aromatic nitrogens is 1. The minimum atomic E-state index is -1.06. The highest BCUT2D eigenvalue weighted by atomic mass is 32.1. The minimum absolute atomic E-state index is 0.0268. The van der Waals surface area contributed by atoms with Gasteiger partial charge in [-0.3, -0.25) is 9.59 Å². The Hall–Kier alpha value is -2.80. The quantitative estimate of drug-likeness (QED) is 0.618. The van der Waals surface area contributed by atoms with Gasteiger partial charge in [0, 0.05) is 13.0 Å². The van der Waals surface area contributed by atoms with Gasteiger partial charge in [0.05, 0.1) is 21.1 Å². The van der Waals surface area contributed by atoms with Crippen LogP contribution >= 0.6 is 11.3 Å². The molecule has 1 heterocycles. The van der Waals surface area contributed by atoms with Crippen molar-refractivity contribution in [2.24, 2.45) is 0 Å². The van der Waals surface area contributed by atoms with Crippen LogP contribution in [0.4, 0.5) is 4.39 Å². The van der Waals surface area contributed by atoms with E-state index in [0.29, 0.717) is 24.8 Å². The van der Waals surface area contributed by atoms with Crippen molar-refractivity contribution in [3.05, 3.63) is 64.9 Å². The van der Waals surface area contributed by atoms with Crippen LogP contribution in [0.25, 0.3) is 10.2 Å². The highest BCUT2D eigenvalue weighted by Gasteiger charge is 2.20. The minimum Gasteiger partial charge on any atom is -0.481 e. The van der Waals surface area contributed by atoms with Crippen LogP contribution in [0.1, 0.15) is 29.3 Å². The Morgan fingerprint density at radius 3 is 2.59 bits per heavy atom. The van der Waals surface area contributed by atoms with E-state index in [-0.39, 0.29) is 12.5 Å². The molecule has 1 atom stereocenters. The number of carbonyl (C=O) groups excluding carboxylic acids is 1. The van der Waals surface area contributed by atoms with Crippen LogP contribution < -0.4 is 5.32 Å². The van der Waals surface area contributed by atoms with Crippen molar-refractivity contribution in [2.45, 2.75) is 25.2 Å². The van der Waals surface area contributed by atoms with E-state index in [2.05, 4.69) is 10.3 Å². The number of hydrogen-bond acceptors (Lipinski definition) is 4. The summed E-state index contributed by atoms with van der Waals surface area (Å²) >= 11 is 1.62. The standard InChI is InChI=1S/C20H19FN2O3S/c21-14-10-8-13(9-11-14)15(20(25)26)12-22-18(24)6-3-7-19-23-16-4-1-2-5-17(16)27-19/h1-2,4-5,8-11,15H,3,6-7,12H2,(H,22,24)(H,25,26).